The monoisotopic (exact) mass is 149 g/mol. The Bertz CT molecular complexity index is 391. The molecule has 0 radical (unpaired) electrons. The lowest BCUT2D eigenvalue weighted by Gasteiger charge is -1.97. The highest BCUT2D eigenvalue weighted by atomic mass is 15.3. The first kappa shape index (κ1) is 5.96. The van der Waals surface area contributed by atoms with Crippen LogP contribution in [-0.4, -0.2) is 14.6 Å². The number of hydrogen-bond acceptors (Lipinski definition) is 4. The second-order valence-electron chi connectivity index (χ2n) is 2.22. The highest BCUT2D eigenvalue weighted by Crippen LogP contribution is 2.11. The fraction of sp³-hybridized carbons (Fsp3) is 0. The number of nitrogen functional groups attached to an aromatic ring is 2. The van der Waals surface area contributed by atoms with Gasteiger partial charge in [-0.25, -0.2) is 9.50 Å². The van der Waals surface area contributed by atoms with Crippen LogP contribution in [0.1, 0.15) is 0 Å². The summed E-state index contributed by atoms with van der Waals surface area (Å²) >= 11 is 0. The Labute approximate surface area is 62.6 Å². The van der Waals surface area contributed by atoms with Crippen LogP contribution in [0.3, 0.4) is 0 Å². The van der Waals surface area contributed by atoms with E-state index >= 15 is 0 Å². The van der Waals surface area contributed by atoms with Gasteiger partial charge in [-0.2, -0.15) is 0 Å². The van der Waals surface area contributed by atoms with E-state index in [-0.39, 0.29) is 0 Å². The van der Waals surface area contributed by atoms with Crippen molar-refractivity contribution in [3.63, 3.8) is 0 Å². The zero-order chi connectivity index (χ0) is 7.84. The molecule has 56 valence electrons. The van der Waals surface area contributed by atoms with E-state index in [1.165, 1.54) is 0 Å². The molecule has 0 amide bonds. The van der Waals surface area contributed by atoms with Crippen LogP contribution in [0.15, 0.2) is 18.5 Å². The quantitative estimate of drug-likeness (QED) is 0.547. The molecule has 2 aromatic rings. The zero-order valence-electron chi connectivity index (χ0n) is 5.73. The van der Waals surface area contributed by atoms with E-state index in [4.69, 9.17) is 11.5 Å². The first-order chi connectivity index (χ1) is 5.27. The van der Waals surface area contributed by atoms with Crippen LogP contribution < -0.4 is 11.5 Å². The summed E-state index contributed by atoms with van der Waals surface area (Å²) in [7, 11) is 0. The maximum absolute atomic E-state index is 5.60. The van der Waals surface area contributed by atoms with Crippen LogP contribution in [0.2, 0.25) is 0 Å². The second kappa shape index (κ2) is 1.85. The number of nitrogens with zero attached hydrogens (tertiary/aromatic N) is 3. The lowest BCUT2D eigenvalue weighted by atomic mass is 10.4. The van der Waals surface area contributed by atoms with Crippen LogP contribution in [0.4, 0.5) is 11.5 Å². The normalized spacial score (nSPS) is 10.5. The Morgan fingerprint density at radius 3 is 3.00 bits per heavy atom. The summed E-state index contributed by atoms with van der Waals surface area (Å²) in [5.41, 5.74) is 12.2. The number of rotatable bonds is 0. The van der Waals surface area contributed by atoms with Crippen molar-refractivity contribution < 1.29 is 0 Å². The second-order valence-corrected chi connectivity index (χ2v) is 2.22. The zero-order valence-corrected chi connectivity index (χ0v) is 5.73. The summed E-state index contributed by atoms with van der Waals surface area (Å²) in [4.78, 5) is 3.98. The van der Waals surface area contributed by atoms with Gasteiger partial charge in [-0.3, -0.25) is 0 Å². The van der Waals surface area contributed by atoms with Gasteiger partial charge in [-0.15, -0.1) is 5.10 Å². The van der Waals surface area contributed by atoms with Gasteiger partial charge in [0.25, 0.3) is 0 Å². The van der Waals surface area contributed by atoms with Crippen LogP contribution in [-0.2, 0) is 0 Å². The Kier molecular flexibility index (Phi) is 1.00. The average molecular weight is 149 g/mol. The van der Waals surface area contributed by atoms with E-state index in [1.54, 1.807) is 23.0 Å². The third-order valence-corrected chi connectivity index (χ3v) is 1.41. The molecule has 0 saturated carbocycles. The summed E-state index contributed by atoms with van der Waals surface area (Å²) in [5.74, 6) is 0.396. The summed E-state index contributed by atoms with van der Waals surface area (Å²) in [6.45, 7) is 0. The Hall–Kier alpha value is -1.78. The molecule has 0 atom stereocenters. The summed E-state index contributed by atoms with van der Waals surface area (Å²) < 4.78 is 1.55. The summed E-state index contributed by atoms with van der Waals surface area (Å²) in [5, 5.41) is 3.95. The maximum atomic E-state index is 5.60. The minimum absolute atomic E-state index is 0.396. The molecule has 0 saturated heterocycles. The van der Waals surface area contributed by atoms with Crippen molar-refractivity contribution in [1.82, 2.24) is 14.6 Å². The predicted octanol–water partition coefficient (Wildman–Crippen LogP) is -0.106. The smallest absolute Gasteiger partial charge is 0.176 e. The van der Waals surface area contributed by atoms with Crippen LogP contribution >= 0.6 is 0 Å². The molecular formula is C6H7N5. The van der Waals surface area contributed by atoms with Crippen molar-refractivity contribution in [3.8, 4) is 0 Å². The number of fused-ring (bicyclic) bond motifs is 1. The van der Waals surface area contributed by atoms with Crippen molar-refractivity contribution in [2.45, 2.75) is 0 Å². The van der Waals surface area contributed by atoms with Crippen molar-refractivity contribution >= 4 is 17.2 Å². The molecule has 0 aliphatic heterocycles. The van der Waals surface area contributed by atoms with Gasteiger partial charge in [0.15, 0.2) is 5.65 Å². The lowest BCUT2D eigenvalue weighted by molar-refractivity contribution is 0.948. The maximum Gasteiger partial charge on any atom is 0.176 e. The molecule has 0 aliphatic carbocycles. The fourth-order valence-corrected chi connectivity index (χ4v) is 0.961. The molecular weight excluding hydrogens is 142 g/mol. The molecule has 2 rings (SSSR count). The molecule has 0 aliphatic rings. The van der Waals surface area contributed by atoms with Gasteiger partial charge in [0.05, 0.1) is 5.69 Å². The van der Waals surface area contributed by atoms with Gasteiger partial charge in [-0.05, 0) is 0 Å². The minimum Gasteiger partial charge on any atom is -0.396 e. The van der Waals surface area contributed by atoms with E-state index in [2.05, 4.69) is 10.1 Å². The number of imidazole rings is 1. The van der Waals surface area contributed by atoms with Gasteiger partial charge >= 0.3 is 0 Å². The Balaban J connectivity index is 2.91. The van der Waals surface area contributed by atoms with Crippen molar-refractivity contribution in [2.24, 2.45) is 0 Å². The van der Waals surface area contributed by atoms with E-state index < -0.39 is 0 Å². The third-order valence-electron chi connectivity index (χ3n) is 1.41. The molecule has 0 spiro atoms. The summed E-state index contributed by atoms with van der Waals surface area (Å²) in [6, 6.07) is 1.59. The molecule has 0 unspecified atom stereocenters. The molecule has 4 N–H and O–H groups in total. The minimum atomic E-state index is 0.396. The van der Waals surface area contributed by atoms with E-state index in [0.29, 0.717) is 17.2 Å². The highest BCUT2D eigenvalue weighted by molar-refractivity contribution is 5.66. The van der Waals surface area contributed by atoms with Crippen molar-refractivity contribution in [2.75, 3.05) is 11.5 Å². The Morgan fingerprint density at radius 1 is 1.36 bits per heavy atom. The van der Waals surface area contributed by atoms with Crippen LogP contribution in [0, 0.1) is 0 Å². The molecule has 0 bridgehead atoms. The highest BCUT2D eigenvalue weighted by Gasteiger charge is 1.99. The van der Waals surface area contributed by atoms with E-state index in [0.717, 1.165) is 0 Å². The van der Waals surface area contributed by atoms with E-state index in [1.807, 2.05) is 0 Å². The van der Waals surface area contributed by atoms with Gasteiger partial charge in [0.1, 0.15) is 5.82 Å². The number of anilines is 2. The first-order valence-corrected chi connectivity index (χ1v) is 3.13. The average Bonchev–Trinajstić information content (AvgIpc) is 2.34. The standard InChI is InChI=1S/C6H7N5/c7-4-3-5(8)10-11-2-1-9-6(4)11/h1-3H,7H2,(H2,8,10). The van der Waals surface area contributed by atoms with Gasteiger partial charge in [0.2, 0.25) is 0 Å². The SMILES string of the molecule is Nc1cc(N)c2nccn2n1. The van der Waals surface area contributed by atoms with Gasteiger partial charge in [-0.1, -0.05) is 0 Å². The van der Waals surface area contributed by atoms with Gasteiger partial charge < -0.3 is 11.5 Å². The number of hydrogen-bond donors (Lipinski definition) is 2. The van der Waals surface area contributed by atoms with Crippen LogP contribution in [0.25, 0.3) is 5.65 Å². The lowest BCUT2D eigenvalue weighted by Crippen LogP contribution is -2.00. The topological polar surface area (TPSA) is 82.2 Å². The largest absolute Gasteiger partial charge is 0.396 e. The number of aromatic nitrogens is 3. The molecule has 2 aromatic heterocycles. The molecule has 11 heavy (non-hydrogen) atoms. The molecule has 2 heterocycles. The molecule has 0 aromatic carbocycles. The first-order valence-electron chi connectivity index (χ1n) is 3.13. The summed E-state index contributed by atoms with van der Waals surface area (Å²) in [6.07, 6.45) is 3.32. The fourth-order valence-electron chi connectivity index (χ4n) is 0.961. The Morgan fingerprint density at radius 2 is 2.18 bits per heavy atom. The van der Waals surface area contributed by atoms with Crippen molar-refractivity contribution in [3.05, 3.63) is 18.5 Å². The van der Waals surface area contributed by atoms with Crippen LogP contribution in [0.5, 0.6) is 0 Å². The predicted molar refractivity (Wildman–Crippen MR) is 41.8 cm³/mol. The van der Waals surface area contributed by atoms with Crippen molar-refractivity contribution in [1.29, 1.82) is 0 Å². The third kappa shape index (κ3) is 0.778. The van der Waals surface area contributed by atoms with Gasteiger partial charge in [0, 0.05) is 18.5 Å². The number of nitrogens with two attached hydrogens (primary N) is 2. The molecule has 5 nitrogen and oxygen atoms in total. The molecule has 0 fully saturated rings. The van der Waals surface area contributed by atoms with E-state index in [9.17, 15) is 0 Å². The molecule has 5 heteroatoms.